The van der Waals surface area contributed by atoms with Crippen molar-refractivity contribution in [2.75, 3.05) is 31.9 Å². The zero-order chi connectivity index (χ0) is 17.5. The summed E-state index contributed by atoms with van der Waals surface area (Å²) in [4.78, 5) is 35.4. The smallest absolute Gasteiger partial charge is 0.407 e. The standard InChI is InChI=1S/C13H22N4O4S2/c1-13(2,3)21-11(19)16-5-4-14-10(22)15-6-7-17-9(18)8-23-12(17)20/h4-8H2,1-3H3,(H,16,19)(H2,14,15,22). The molecule has 0 saturated carbocycles. The molecule has 0 unspecified atom stereocenters. The van der Waals surface area contributed by atoms with Gasteiger partial charge in [0.15, 0.2) is 5.11 Å². The van der Waals surface area contributed by atoms with Crippen molar-refractivity contribution in [1.82, 2.24) is 20.9 Å². The molecule has 1 saturated heterocycles. The molecule has 0 spiro atoms. The van der Waals surface area contributed by atoms with E-state index in [2.05, 4.69) is 16.0 Å². The predicted molar refractivity (Wildman–Crippen MR) is 92.4 cm³/mol. The number of hydrogen-bond donors (Lipinski definition) is 3. The van der Waals surface area contributed by atoms with Crippen LogP contribution in [0.25, 0.3) is 0 Å². The van der Waals surface area contributed by atoms with Crippen LogP contribution in [0.15, 0.2) is 0 Å². The van der Waals surface area contributed by atoms with Gasteiger partial charge in [-0.3, -0.25) is 14.5 Å². The summed E-state index contributed by atoms with van der Waals surface area (Å²) in [5.74, 6) is 0.0277. The molecular formula is C13H22N4O4S2. The monoisotopic (exact) mass is 362 g/mol. The highest BCUT2D eigenvalue weighted by atomic mass is 32.2. The summed E-state index contributed by atoms with van der Waals surface area (Å²) in [6.45, 7) is 6.82. The highest BCUT2D eigenvalue weighted by Gasteiger charge is 2.29. The van der Waals surface area contributed by atoms with Gasteiger partial charge in [0.25, 0.3) is 5.24 Å². The number of thioether (sulfide) groups is 1. The van der Waals surface area contributed by atoms with Crippen LogP contribution in [0.2, 0.25) is 0 Å². The van der Waals surface area contributed by atoms with E-state index in [1.807, 2.05) is 0 Å². The Morgan fingerprint density at radius 3 is 2.39 bits per heavy atom. The van der Waals surface area contributed by atoms with Gasteiger partial charge in [0, 0.05) is 26.2 Å². The number of nitrogens with one attached hydrogen (secondary N) is 3. The van der Waals surface area contributed by atoms with Gasteiger partial charge in [-0.15, -0.1) is 0 Å². The minimum absolute atomic E-state index is 0.178. The van der Waals surface area contributed by atoms with Crippen molar-refractivity contribution in [2.24, 2.45) is 0 Å². The first-order valence-corrected chi connectivity index (χ1v) is 8.54. The molecule has 3 amide bonds. The molecule has 1 aliphatic heterocycles. The van der Waals surface area contributed by atoms with E-state index in [0.717, 1.165) is 11.8 Å². The number of amides is 3. The van der Waals surface area contributed by atoms with Gasteiger partial charge in [0.1, 0.15) is 5.60 Å². The van der Waals surface area contributed by atoms with E-state index >= 15 is 0 Å². The molecule has 1 aliphatic rings. The fourth-order valence-electron chi connectivity index (χ4n) is 1.60. The van der Waals surface area contributed by atoms with Crippen LogP contribution in [0.5, 0.6) is 0 Å². The summed E-state index contributed by atoms with van der Waals surface area (Å²) >= 11 is 6.06. The third kappa shape index (κ3) is 8.03. The Morgan fingerprint density at radius 2 is 1.83 bits per heavy atom. The lowest BCUT2D eigenvalue weighted by atomic mass is 10.2. The van der Waals surface area contributed by atoms with Gasteiger partial charge in [0.2, 0.25) is 5.91 Å². The number of thiocarbonyl (C=S) groups is 1. The maximum Gasteiger partial charge on any atom is 0.407 e. The first-order valence-electron chi connectivity index (χ1n) is 7.15. The molecule has 0 aromatic carbocycles. The largest absolute Gasteiger partial charge is 0.444 e. The fraction of sp³-hybridized carbons (Fsp3) is 0.692. The lowest BCUT2D eigenvalue weighted by molar-refractivity contribution is -0.124. The van der Waals surface area contributed by atoms with Crippen molar-refractivity contribution in [3.05, 3.63) is 0 Å². The van der Waals surface area contributed by atoms with E-state index in [1.54, 1.807) is 20.8 Å². The zero-order valence-corrected chi connectivity index (χ0v) is 15.1. The molecule has 0 atom stereocenters. The molecule has 3 N–H and O–H groups in total. The Balaban J connectivity index is 2.07. The Kier molecular flexibility index (Phi) is 7.56. The van der Waals surface area contributed by atoms with Crippen LogP contribution in [-0.2, 0) is 9.53 Å². The van der Waals surface area contributed by atoms with E-state index in [-0.39, 0.29) is 23.4 Å². The molecular weight excluding hydrogens is 340 g/mol. The van der Waals surface area contributed by atoms with Crippen LogP contribution in [0.1, 0.15) is 20.8 Å². The number of hydrogen-bond acceptors (Lipinski definition) is 6. The second-order valence-electron chi connectivity index (χ2n) is 5.71. The average Bonchev–Trinajstić information content (AvgIpc) is 2.73. The van der Waals surface area contributed by atoms with Crippen molar-refractivity contribution in [1.29, 1.82) is 0 Å². The summed E-state index contributed by atoms with van der Waals surface area (Å²) in [7, 11) is 0. The molecule has 10 heteroatoms. The Morgan fingerprint density at radius 1 is 1.22 bits per heavy atom. The van der Waals surface area contributed by atoms with Gasteiger partial charge in [-0.05, 0) is 33.0 Å². The molecule has 0 bridgehead atoms. The third-order valence-electron chi connectivity index (χ3n) is 2.54. The van der Waals surface area contributed by atoms with Gasteiger partial charge in [-0.25, -0.2) is 4.79 Å². The molecule has 130 valence electrons. The maximum atomic E-state index is 11.4. The van der Waals surface area contributed by atoms with Crippen LogP contribution in [0.4, 0.5) is 9.59 Å². The number of imide groups is 1. The van der Waals surface area contributed by atoms with Crippen LogP contribution in [-0.4, -0.2) is 64.8 Å². The highest BCUT2D eigenvalue weighted by molar-refractivity contribution is 8.14. The van der Waals surface area contributed by atoms with Crippen LogP contribution >= 0.6 is 24.0 Å². The number of alkyl carbamates (subject to hydrolysis) is 1. The topological polar surface area (TPSA) is 99.8 Å². The quantitative estimate of drug-likeness (QED) is 0.468. The zero-order valence-electron chi connectivity index (χ0n) is 13.4. The molecule has 0 radical (unpaired) electrons. The minimum atomic E-state index is -0.531. The molecule has 23 heavy (non-hydrogen) atoms. The van der Waals surface area contributed by atoms with Gasteiger partial charge in [-0.2, -0.15) is 0 Å². The van der Waals surface area contributed by atoms with Gasteiger partial charge in [-0.1, -0.05) is 11.8 Å². The van der Waals surface area contributed by atoms with Crippen LogP contribution < -0.4 is 16.0 Å². The Labute approximate surface area is 145 Å². The van der Waals surface area contributed by atoms with E-state index in [4.69, 9.17) is 17.0 Å². The lowest BCUT2D eigenvalue weighted by Gasteiger charge is -2.20. The normalized spacial score (nSPS) is 14.7. The minimum Gasteiger partial charge on any atom is -0.444 e. The Hall–Kier alpha value is -1.55. The van der Waals surface area contributed by atoms with Crippen molar-refractivity contribution in [3.8, 4) is 0 Å². The summed E-state index contributed by atoms with van der Waals surface area (Å²) in [6.07, 6.45) is -0.485. The summed E-state index contributed by atoms with van der Waals surface area (Å²) in [6, 6.07) is 0. The second kappa shape index (κ2) is 8.92. The number of carbonyl (C=O) groups excluding carboxylic acids is 3. The van der Waals surface area contributed by atoms with Gasteiger partial charge >= 0.3 is 6.09 Å². The van der Waals surface area contributed by atoms with E-state index in [1.165, 1.54) is 4.90 Å². The lowest BCUT2D eigenvalue weighted by Crippen LogP contribution is -2.44. The summed E-state index contributed by atoms with van der Waals surface area (Å²) < 4.78 is 5.09. The molecule has 8 nitrogen and oxygen atoms in total. The number of ether oxygens (including phenoxy) is 1. The molecule has 0 aromatic rings. The summed E-state index contributed by atoms with van der Waals surface area (Å²) in [5, 5.41) is 8.57. The molecule has 1 rings (SSSR count). The second-order valence-corrected chi connectivity index (χ2v) is 7.05. The van der Waals surface area contributed by atoms with E-state index < -0.39 is 11.7 Å². The average molecular weight is 362 g/mol. The molecule has 0 aliphatic carbocycles. The van der Waals surface area contributed by atoms with Gasteiger partial charge < -0.3 is 20.7 Å². The first-order chi connectivity index (χ1) is 10.7. The molecule has 1 fully saturated rings. The van der Waals surface area contributed by atoms with Crippen molar-refractivity contribution < 1.29 is 19.1 Å². The fourth-order valence-corrected chi connectivity index (χ4v) is 2.55. The SMILES string of the molecule is CC(C)(C)OC(=O)NCCNC(=S)NCCN1C(=O)CSC1=O. The summed E-state index contributed by atoms with van der Waals surface area (Å²) in [5.41, 5.74) is -0.531. The Bertz CT molecular complexity index is 463. The first kappa shape index (κ1) is 19.5. The molecule has 0 aromatic heterocycles. The van der Waals surface area contributed by atoms with E-state index in [0.29, 0.717) is 24.7 Å². The van der Waals surface area contributed by atoms with Crippen LogP contribution in [0, 0.1) is 0 Å². The third-order valence-corrected chi connectivity index (χ3v) is 3.69. The van der Waals surface area contributed by atoms with E-state index in [9.17, 15) is 14.4 Å². The van der Waals surface area contributed by atoms with Crippen molar-refractivity contribution in [3.63, 3.8) is 0 Å². The van der Waals surface area contributed by atoms with Gasteiger partial charge in [0.05, 0.1) is 5.75 Å². The number of rotatable bonds is 6. The van der Waals surface area contributed by atoms with Crippen molar-refractivity contribution in [2.45, 2.75) is 26.4 Å². The maximum absolute atomic E-state index is 11.4. The highest BCUT2D eigenvalue weighted by Crippen LogP contribution is 2.17. The predicted octanol–water partition coefficient (Wildman–Crippen LogP) is 0.671. The van der Waals surface area contributed by atoms with Crippen molar-refractivity contribution >= 4 is 46.3 Å². The van der Waals surface area contributed by atoms with Crippen LogP contribution in [0.3, 0.4) is 0 Å². The number of nitrogens with zero attached hydrogens (tertiary/aromatic N) is 1. The number of carbonyl (C=O) groups is 3. The molecule has 1 heterocycles.